The van der Waals surface area contributed by atoms with Gasteiger partial charge in [0.2, 0.25) is 0 Å². The molecule has 4 heteroatoms. The van der Waals surface area contributed by atoms with Crippen LogP contribution in [0.3, 0.4) is 0 Å². The summed E-state index contributed by atoms with van der Waals surface area (Å²) in [5.74, 6) is 2.40. The number of H-pyrrole nitrogens is 1. The summed E-state index contributed by atoms with van der Waals surface area (Å²) in [7, 11) is 1.63. The average Bonchev–Trinajstić information content (AvgIpc) is 2.55. The van der Waals surface area contributed by atoms with Crippen molar-refractivity contribution in [1.82, 2.24) is 14.9 Å². The van der Waals surface area contributed by atoms with Gasteiger partial charge >= 0.3 is 0 Å². The number of rotatable bonds is 2. The predicted molar refractivity (Wildman–Crippen MR) is 43.9 cm³/mol. The number of nitrogens with zero attached hydrogens (tertiary/aromatic N) is 2. The van der Waals surface area contributed by atoms with Crippen LogP contribution in [0.25, 0.3) is 0 Å². The number of carbonyl (C=O) groups excluding carboxylic acids is 1. The first-order valence-corrected chi connectivity index (χ1v) is 3.44. The smallest absolute Gasteiger partial charge is 0.298 e. The maximum Gasteiger partial charge on any atom is 0.298 e. The molecule has 1 aromatic heterocycles. The highest BCUT2D eigenvalue weighted by Crippen LogP contribution is 1.94. The zero-order valence-electron chi connectivity index (χ0n) is 6.74. The van der Waals surface area contributed by atoms with Crippen LogP contribution in [0.5, 0.6) is 0 Å². The maximum atomic E-state index is 10.9. The minimum absolute atomic E-state index is 0.341. The number of hydrogen-bond donors (Lipinski definition) is 1. The van der Waals surface area contributed by atoms with Crippen LogP contribution in [0.15, 0.2) is 12.4 Å². The number of imidazole rings is 1. The molecule has 0 atom stereocenters. The molecule has 0 aliphatic rings. The minimum atomic E-state index is -0.341. The number of hydrogen-bond acceptors (Lipinski definition) is 2. The van der Waals surface area contributed by atoms with E-state index in [1.54, 1.807) is 19.4 Å². The van der Waals surface area contributed by atoms with Crippen LogP contribution in [0.4, 0.5) is 0 Å². The summed E-state index contributed by atoms with van der Waals surface area (Å²) in [6.45, 7) is 0.413. The molecule has 1 amide bonds. The molecule has 62 valence electrons. The van der Waals surface area contributed by atoms with E-state index in [-0.39, 0.29) is 5.91 Å². The van der Waals surface area contributed by atoms with Gasteiger partial charge in [0, 0.05) is 19.4 Å². The lowest BCUT2D eigenvalue weighted by molar-refractivity contribution is -0.124. The van der Waals surface area contributed by atoms with Gasteiger partial charge in [-0.3, -0.25) is 4.79 Å². The number of aromatic amines is 1. The topological polar surface area (TPSA) is 49.0 Å². The second kappa shape index (κ2) is 3.58. The monoisotopic (exact) mass is 163 g/mol. The van der Waals surface area contributed by atoms with Crippen molar-refractivity contribution in [3.63, 3.8) is 0 Å². The Morgan fingerprint density at radius 2 is 2.67 bits per heavy atom. The van der Waals surface area contributed by atoms with Crippen LogP contribution in [0.1, 0.15) is 5.82 Å². The van der Waals surface area contributed by atoms with Gasteiger partial charge in [-0.1, -0.05) is 0 Å². The highest BCUT2D eigenvalue weighted by Gasteiger charge is 2.05. The van der Waals surface area contributed by atoms with Crippen molar-refractivity contribution >= 4 is 5.91 Å². The van der Waals surface area contributed by atoms with E-state index in [0.29, 0.717) is 6.54 Å². The molecular formula is C8H9N3O. The van der Waals surface area contributed by atoms with Gasteiger partial charge in [0.05, 0.1) is 6.54 Å². The lowest BCUT2D eigenvalue weighted by Gasteiger charge is -2.10. The van der Waals surface area contributed by atoms with Crippen molar-refractivity contribution in [1.29, 1.82) is 0 Å². The van der Waals surface area contributed by atoms with E-state index in [4.69, 9.17) is 6.42 Å². The van der Waals surface area contributed by atoms with Gasteiger partial charge in [-0.25, -0.2) is 4.98 Å². The number of amides is 1. The second-order valence-corrected chi connectivity index (χ2v) is 2.34. The fourth-order valence-electron chi connectivity index (χ4n) is 0.791. The first-order valence-electron chi connectivity index (χ1n) is 3.44. The third-order valence-corrected chi connectivity index (χ3v) is 1.41. The summed E-state index contributed by atoms with van der Waals surface area (Å²) >= 11 is 0. The van der Waals surface area contributed by atoms with E-state index in [9.17, 15) is 4.79 Å². The van der Waals surface area contributed by atoms with Gasteiger partial charge in [0.15, 0.2) is 0 Å². The van der Waals surface area contributed by atoms with Gasteiger partial charge in [-0.05, 0) is 5.92 Å². The van der Waals surface area contributed by atoms with Crippen LogP contribution in [0.2, 0.25) is 0 Å². The summed E-state index contributed by atoms with van der Waals surface area (Å²) in [4.78, 5) is 19.1. The first kappa shape index (κ1) is 8.34. The SMILES string of the molecule is C#CC(=O)N(C)Cc1ncc[nH]1. The highest BCUT2D eigenvalue weighted by molar-refractivity contribution is 5.92. The molecule has 0 aliphatic heterocycles. The summed E-state index contributed by atoms with van der Waals surface area (Å²) < 4.78 is 0. The van der Waals surface area contributed by atoms with E-state index in [1.807, 2.05) is 5.92 Å². The lowest BCUT2D eigenvalue weighted by Crippen LogP contribution is -2.24. The average molecular weight is 163 g/mol. The molecule has 4 nitrogen and oxygen atoms in total. The molecule has 1 heterocycles. The summed E-state index contributed by atoms with van der Waals surface area (Å²) in [6.07, 6.45) is 8.26. The molecule has 0 bridgehead atoms. The second-order valence-electron chi connectivity index (χ2n) is 2.34. The zero-order chi connectivity index (χ0) is 8.97. The molecule has 0 unspecified atom stereocenters. The summed E-state index contributed by atoms with van der Waals surface area (Å²) in [6, 6.07) is 0. The van der Waals surface area contributed by atoms with Gasteiger partial charge in [-0.2, -0.15) is 0 Å². The molecular weight excluding hydrogens is 154 g/mol. The van der Waals surface area contributed by atoms with Crippen molar-refractivity contribution in [3.05, 3.63) is 18.2 Å². The van der Waals surface area contributed by atoms with E-state index in [1.165, 1.54) is 4.90 Å². The molecule has 12 heavy (non-hydrogen) atoms. The number of terminal acetylenes is 1. The Hall–Kier alpha value is -1.76. The summed E-state index contributed by atoms with van der Waals surface area (Å²) in [5.41, 5.74) is 0. The van der Waals surface area contributed by atoms with Crippen molar-refractivity contribution in [2.24, 2.45) is 0 Å². The van der Waals surface area contributed by atoms with Gasteiger partial charge in [-0.15, -0.1) is 6.42 Å². The number of carbonyl (C=O) groups is 1. The molecule has 1 N–H and O–H groups in total. The van der Waals surface area contributed by atoms with Crippen molar-refractivity contribution in [3.8, 4) is 12.3 Å². The molecule has 0 radical (unpaired) electrons. The van der Waals surface area contributed by atoms with Gasteiger partial charge in [0.1, 0.15) is 5.82 Å². The van der Waals surface area contributed by atoms with Gasteiger partial charge in [0.25, 0.3) is 5.91 Å². The van der Waals surface area contributed by atoms with E-state index in [0.717, 1.165) is 5.82 Å². The van der Waals surface area contributed by atoms with Crippen LogP contribution < -0.4 is 0 Å². The fourth-order valence-corrected chi connectivity index (χ4v) is 0.791. The Kier molecular flexibility index (Phi) is 2.49. The van der Waals surface area contributed by atoms with Crippen molar-refractivity contribution < 1.29 is 4.79 Å². The molecule has 0 aliphatic carbocycles. The largest absolute Gasteiger partial charge is 0.347 e. The van der Waals surface area contributed by atoms with Gasteiger partial charge < -0.3 is 9.88 Å². The fraction of sp³-hybridized carbons (Fsp3) is 0.250. The van der Waals surface area contributed by atoms with Crippen molar-refractivity contribution in [2.75, 3.05) is 7.05 Å². The molecule has 1 aromatic rings. The first-order chi connectivity index (χ1) is 5.74. The quantitative estimate of drug-likeness (QED) is 0.624. The molecule has 1 rings (SSSR count). The third-order valence-electron chi connectivity index (χ3n) is 1.41. The van der Waals surface area contributed by atoms with E-state index < -0.39 is 0 Å². The number of aromatic nitrogens is 2. The normalized spacial score (nSPS) is 9.00. The van der Waals surface area contributed by atoms with E-state index >= 15 is 0 Å². The third kappa shape index (κ3) is 1.86. The predicted octanol–water partition coefficient (Wildman–Crippen LogP) is 0.00130. The summed E-state index contributed by atoms with van der Waals surface area (Å²) in [5, 5.41) is 0. The zero-order valence-corrected chi connectivity index (χ0v) is 6.74. The molecule has 0 saturated carbocycles. The Bertz CT molecular complexity index is 297. The van der Waals surface area contributed by atoms with Crippen LogP contribution in [-0.2, 0) is 11.3 Å². The minimum Gasteiger partial charge on any atom is -0.347 e. The Balaban J connectivity index is 2.54. The molecule has 0 saturated heterocycles. The highest BCUT2D eigenvalue weighted by atomic mass is 16.2. The Morgan fingerprint density at radius 3 is 3.17 bits per heavy atom. The maximum absolute atomic E-state index is 10.9. The molecule has 0 spiro atoms. The van der Waals surface area contributed by atoms with Crippen LogP contribution in [-0.4, -0.2) is 27.8 Å². The Morgan fingerprint density at radius 1 is 1.92 bits per heavy atom. The van der Waals surface area contributed by atoms with Crippen LogP contribution in [0, 0.1) is 12.3 Å². The molecule has 0 aromatic carbocycles. The van der Waals surface area contributed by atoms with Crippen molar-refractivity contribution in [2.45, 2.75) is 6.54 Å². The number of nitrogens with one attached hydrogen (secondary N) is 1. The standard InChI is InChI=1S/C8H9N3O/c1-3-8(12)11(2)6-7-9-4-5-10-7/h1,4-5H,6H2,2H3,(H,9,10). The lowest BCUT2D eigenvalue weighted by atomic mass is 10.5. The van der Waals surface area contributed by atoms with Crippen LogP contribution >= 0.6 is 0 Å². The molecule has 0 fully saturated rings. The Labute approximate surface area is 70.6 Å². The van der Waals surface area contributed by atoms with E-state index in [2.05, 4.69) is 9.97 Å².